The molecule has 0 heterocycles. The minimum atomic E-state index is -0.223. The molecule has 6 heteroatoms. The van der Waals surface area contributed by atoms with Crippen LogP contribution in [-0.4, -0.2) is 30.1 Å². The molecule has 2 aromatic rings. The summed E-state index contributed by atoms with van der Waals surface area (Å²) in [6.45, 7) is 2.57. The van der Waals surface area contributed by atoms with Gasteiger partial charge >= 0.3 is 5.97 Å². The van der Waals surface area contributed by atoms with Gasteiger partial charge in [-0.2, -0.15) is 4.99 Å². The van der Waals surface area contributed by atoms with Crippen LogP contribution in [0, 0.1) is 0 Å². The Balaban J connectivity index is 1.88. The molecule has 0 radical (unpaired) electrons. The summed E-state index contributed by atoms with van der Waals surface area (Å²) in [4.78, 5) is 27.6. The Morgan fingerprint density at radius 2 is 1.65 bits per heavy atom. The van der Waals surface area contributed by atoms with Gasteiger partial charge in [-0.3, -0.25) is 9.59 Å². The summed E-state index contributed by atoms with van der Waals surface area (Å²) in [7, 11) is 0. The number of hydrogen-bond donors (Lipinski definition) is 0. The van der Waals surface area contributed by atoms with Crippen LogP contribution >= 0.6 is 12.2 Å². The van der Waals surface area contributed by atoms with Crippen LogP contribution in [0.15, 0.2) is 53.5 Å². The monoisotopic (exact) mass is 369 g/mol. The molecule has 0 saturated heterocycles. The molecule has 0 aromatic heterocycles. The van der Waals surface area contributed by atoms with Gasteiger partial charge in [0.05, 0.1) is 24.1 Å². The maximum Gasteiger partial charge on any atom is 0.305 e. The van der Waals surface area contributed by atoms with Crippen molar-refractivity contribution in [1.82, 2.24) is 0 Å². The summed E-state index contributed by atoms with van der Waals surface area (Å²) in [6.07, 6.45) is 0.906. The largest absolute Gasteiger partial charge is 0.494 e. The van der Waals surface area contributed by atoms with Crippen molar-refractivity contribution in [2.45, 2.75) is 19.8 Å². The van der Waals surface area contributed by atoms with Gasteiger partial charge in [-0.25, -0.2) is 0 Å². The smallest absolute Gasteiger partial charge is 0.305 e. The highest BCUT2D eigenvalue weighted by Gasteiger charge is 2.09. The van der Waals surface area contributed by atoms with Crippen LogP contribution in [0.1, 0.15) is 35.7 Å². The number of nitrogens with zero attached hydrogens (tertiary/aromatic N) is 1. The van der Waals surface area contributed by atoms with E-state index in [0.717, 1.165) is 0 Å². The number of ketones is 1. The van der Waals surface area contributed by atoms with Gasteiger partial charge in [0.25, 0.3) is 0 Å². The third kappa shape index (κ3) is 5.92. The summed E-state index contributed by atoms with van der Waals surface area (Å²) in [6, 6.07) is 13.7. The summed E-state index contributed by atoms with van der Waals surface area (Å²) >= 11 is 4.55. The van der Waals surface area contributed by atoms with Gasteiger partial charge in [-0.15, -0.1) is 0 Å². The fourth-order valence-corrected chi connectivity index (χ4v) is 2.35. The van der Waals surface area contributed by atoms with E-state index >= 15 is 0 Å². The minimum Gasteiger partial charge on any atom is -0.494 e. The lowest BCUT2D eigenvalue weighted by molar-refractivity contribution is -0.143. The Labute approximate surface area is 157 Å². The number of carbonyl (C=O) groups is 2. The second kappa shape index (κ2) is 10.2. The molecule has 0 bridgehead atoms. The molecule has 0 N–H and O–H groups in total. The number of thiocarbonyl (C=S) groups is 1. The van der Waals surface area contributed by atoms with Crippen LogP contribution in [0.5, 0.6) is 5.75 Å². The molecule has 2 aromatic carbocycles. The number of ether oxygens (including phenoxy) is 2. The van der Waals surface area contributed by atoms with E-state index in [9.17, 15) is 9.59 Å². The molecular formula is C20H19NO4S. The lowest BCUT2D eigenvalue weighted by atomic mass is 10.0. The van der Waals surface area contributed by atoms with Gasteiger partial charge in [0.15, 0.2) is 5.78 Å². The summed E-state index contributed by atoms with van der Waals surface area (Å²) in [5.41, 5.74) is 1.79. The molecule has 0 spiro atoms. The summed E-state index contributed by atoms with van der Waals surface area (Å²) in [5, 5.41) is 2.29. The highest BCUT2D eigenvalue weighted by molar-refractivity contribution is 7.78. The summed E-state index contributed by atoms with van der Waals surface area (Å²) in [5.74, 6) is 0.340. The molecule has 0 saturated carbocycles. The predicted molar refractivity (Wildman–Crippen MR) is 102 cm³/mol. The number of rotatable bonds is 9. The van der Waals surface area contributed by atoms with Gasteiger partial charge in [0.1, 0.15) is 5.75 Å². The van der Waals surface area contributed by atoms with Gasteiger partial charge in [0.2, 0.25) is 0 Å². The number of hydrogen-bond acceptors (Lipinski definition) is 6. The lowest BCUT2D eigenvalue weighted by Gasteiger charge is -2.07. The molecular weight excluding hydrogens is 350 g/mol. The van der Waals surface area contributed by atoms with Crippen LogP contribution in [0.2, 0.25) is 0 Å². The highest BCUT2D eigenvalue weighted by Crippen LogP contribution is 2.18. The van der Waals surface area contributed by atoms with E-state index in [4.69, 9.17) is 9.47 Å². The Morgan fingerprint density at radius 1 is 1.04 bits per heavy atom. The highest BCUT2D eigenvalue weighted by atomic mass is 32.1. The molecule has 26 heavy (non-hydrogen) atoms. The van der Waals surface area contributed by atoms with E-state index in [0.29, 0.717) is 48.6 Å². The maximum absolute atomic E-state index is 12.5. The zero-order valence-electron chi connectivity index (χ0n) is 14.4. The number of carbonyl (C=O) groups excluding carboxylic acids is 2. The first kappa shape index (κ1) is 19.5. The summed E-state index contributed by atoms with van der Waals surface area (Å²) < 4.78 is 10.4. The van der Waals surface area contributed by atoms with Crippen LogP contribution in [0.4, 0.5) is 5.69 Å². The topological polar surface area (TPSA) is 65.0 Å². The molecule has 0 atom stereocenters. The van der Waals surface area contributed by atoms with Gasteiger partial charge in [-0.05, 0) is 74.1 Å². The number of isothiocyanates is 1. The van der Waals surface area contributed by atoms with Crippen molar-refractivity contribution in [3.8, 4) is 5.75 Å². The van der Waals surface area contributed by atoms with E-state index in [1.165, 1.54) is 0 Å². The third-order valence-electron chi connectivity index (χ3n) is 3.52. The normalized spacial score (nSPS) is 9.88. The molecule has 5 nitrogen and oxygen atoms in total. The van der Waals surface area contributed by atoms with Crippen molar-refractivity contribution in [2.24, 2.45) is 4.99 Å². The van der Waals surface area contributed by atoms with Gasteiger partial charge in [-0.1, -0.05) is 0 Å². The minimum absolute atomic E-state index is 0.0863. The van der Waals surface area contributed by atoms with E-state index < -0.39 is 0 Å². The van der Waals surface area contributed by atoms with Crippen molar-refractivity contribution < 1.29 is 19.1 Å². The van der Waals surface area contributed by atoms with E-state index in [1.54, 1.807) is 55.5 Å². The molecule has 2 rings (SSSR count). The van der Waals surface area contributed by atoms with Crippen LogP contribution in [-0.2, 0) is 9.53 Å². The predicted octanol–water partition coefficient (Wildman–Crippen LogP) is 4.37. The molecule has 0 aliphatic rings. The number of aliphatic imine (C=N–C) groups is 1. The zero-order valence-corrected chi connectivity index (χ0v) is 15.3. The molecule has 0 unspecified atom stereocenters. The first-order valence-electron chi connectivity index (χ1n) is 8.25. The molecule has 0 fully saturated rings. The zero-order chi connectivity index (χ0) is 18.8. The molecule has 0 amide bonds. The Hall–Kier alpha value is -2.82. The van der Waals surface area contributed by atoms with Crippen LogP contribution in [0.3, 0.4) is 0 Å². The third-order valence-corrected chi connectivity index (χ3v) is 3.61. The van der Waals surface area contributed by atoms with Crippen LogP contribution in [0.25, 0.3) is 0 Å². The fourth-order valence-electron chi connectivity index (χ4n) is 2.25. The number of esters is 1. The average Bonchev–Trinajstić information content (AvgIpc) is 2.66. The SMILES string of the molecule is CCOC(=O)CCCOc1ccc(C(=O)c2ccc(N=C=S)cc2)cc1. The average molecular weight is 369 g/mol. The van der Waals surface area contributed by atoms with Crippen molar-refractivity contribution in [1.29, 1.82) is 0 Å². The van der Waals surface area contributed by atoms with Crippen LogP contribution < -0.4 is 4.74 Å². The fraction of sp³-hybridized carbons (Fsp3) is 0.250. The number of benzene rings is 2. The first-order chi connectivity index (χ1) is 12.6. The van der Waals surface area contributed by atoms with Crippen molar-refractivity contribution >= 4 is 34.8 Å². The molecule has 134 valence electrons. The second-order valence-corrected chi connectivity index (χ2v) is 5.54. The molecule has 0 aliphatic heterocycles. The Kier molecular flexibility index (Phi) is 7.68. The van der Waals surface area contributed by atoms with Gasteiger partial charge < -0.3 is 9.47 Å². The lowest BCUT2D eigenvalue weighted by Crippen LogP contribution is -2.07. The van der Waals surface area contributed by atoms with E-state index in [-0.39, 0.29) is 11.8 Å². The van der Waals surface area contributed by atoms with Crippen molar-refractivity contribution in [3.05, 3.63) is 59.7 Å². The standard InChI is InChI=1S/C20H19NO4S/c1-2-24-19(22)4-3-13-25-18-11-7-16(8-12-18)20(23)15-5-9-17(10-6-15)21-14-26/h5-12H,2-4,13H2,1H3. The van der Waals surface area contributed by atoms with Gasteiger partial charge in [0, 0.05) is 17.5 Å². The molecule has 0 aliphatic carbocycles. The second-order valence-electron chi connectivity index (χ2n) is 5.36. The Morgan fingerprint density at radius 3 is 2.23 bits per heavy atom. The van der Waals surface area contributed by atoms with Crippen molar-refractivity contribution in [3.63, 3.8) is 0 Å². The maximum atomic E-state index is 12.5. The Bertz CT molecular complexity index is 794. The quantitative estimate of drug-likeness (QED) is 0.216. The van der Waals surface area contributed by atoms with E-state index in [1.807, 2.05) is 0 Å². The first-order valence-corrected chi connectivity index (χ1v) is 8.66. The van der Waals surface area contributed by atoms with E-state index in [2.05, 4.69) is 22.4 Å². The van der Waals surface area contributed by atoms with Crippen molar-refractivity contribution in [2.75, 3.05) is 13.2 Å².